The summed E-state index contributed by atoms with van der Waals surface area (Å²) in [5, 5.41) is 3.00. The molecule has 96 valence electrons. The molecule has 0 bridgehead atoms. The van der Waals surface area contributed by atoms with E-state index in [1.807, 2.05) is 5.38 Å². The number of aromatic nitrogens is 1. The molecule has 2 heterocycles. The lowest BCUT2D eigenvalue weighted by molar-refractivity contribution is 0.411. The van der Waals surface area contributed by atoms with Crippen LogP contribution in [0.5, 0.6) is 0 Å². The van der Waals surface area contributed by atoms with Gasteiger partial charge in [0.1, 0.15) is 0 Å². The summed E-state index contributed by atoms with van der Waals surface area (Å²) in [6.45, 7) is 2.43. The highest BCUT2D eigenvalue weighted by atomic mass is 32.2. The van der Waals surface area contributed by atoms with E-state index in [2.05, 4.69) is 14.6 Å². The number of hydrogen-bond donors (Lipinski definition) is 1. The number of nitrogens with one attached hydrogen (secondary N) is 1. The standard InChI is InChI=1S/C10H17N3O2S2/c1-17(14,15)12-7-9-3-2-5-13(8-9)10-11-4-6-16-10/h4,6,9,12H,2-3,5,7-8H2,1H3. The number of hydrogen-bond acceptors (Lipinski definition) is 5. The van der Waals surface area contributed by atoms with Crippen molar-refractivity contribution in [2.75, 3.05) is 30.8 Å². The summed E-state index contributed by atoms with van der Waals surface area (Å²) in [5.41, 5.74) is 0. The molecule has 1 aliphatic heterocycles. The van der Waals surface area contributed by atoms with Gasteiger partial charge in [-0.3, -0.25) is 0 Å². The molecule has 1 aliphatic rings. The smallest absolute Gasteiger partial charge is 0.208 e. The summed E-state index contributed by atoms with van der Waals surface area (Å²) >= 11 is 1.63. The van der Waals surface area contributed by atoms with Gasteiger partial charge in [-0.15, -0.1) is 11.3 Å². The van der Waals surface area contributed by atoms with Crippen LogP contribution in [0.2, 0.25) is 0 Å². The molecule has 0 spiro atoms. The van der Waals surface area contributed by atoms with Crippen molar-refractivity contribution in [1.82, 2.24) is 9.71 Å². The number of sulfonamides is 1. The fourth-order valence-electron chi connectivity index (χ4n) is 2.05. The fraction of sp³-hybridized carbons (Fsp3) is 0.700. The Balaban J connectivity index is 1.89. The van der Waals surface area contributed by atoms with Crippen LogP contribution in [0.3, 0.4) is 0 Å². The second-order valence-corrected chi connectivity index (χ2v) is 7.10. The molecule has 0 radical (unpaired) electrons. The van der Waals surface area contributed by atoms with Crippen LogP contribution in [-0.2, 0) is 10.0 Å². The van der Waals surface area contributed by atoms with Crippen LogP contribution < -0.4 is 9.62 Å². The van der Waals surface area contributed by atoms with Gasteiger partial charge in [0, 0.05) is 31.2 Å². The molecular weight excluding hydrogens is 258 g/mol. The molecule has 1 atom stereocenters. The molecule has 5 nitrogen and oxygen atoms in total. The van der Waals surface area contributed by atoms with Gasteiger partial charge in [-0.25, -0.2) is 18.1 Å². The minimum Gasteiger partial charge on any atom is -0.348 e. The first-order valence-electron chi connectivity index (χ1n) is 5.64. The van der Waals surface area contributed by atoms with Crippen LogP contribution in [-0.4, -0.2) is 39.3 Å². The Bertz CT molecular complexity index is 444. The number of anilines is 1. The number of thiazole rings is 1. The van der Waals surface area contributed by atoms with Crippen molar-refractivity contribution < 1.29 is 8.42 Å². The lowest BCUT2D eigenvalue weighted by Crippen LogP contribution is -2.40. The van der Waals surface area contributed by atoms with Crippen molar-refractivity contribution in [3.8, 4) is 0 Å². The van der Waals surface area contributed by atoms with Gasteiger partial charge in [0.25, 0.3) is 0 Å². The predicted molar refractivity (Wildman–Crippen MR) is 69.9 cm³/mol. The van der Waals surface area contributed by atoms with Crippen molar-refractivity contribution in [2.24, 2.45) is 5.92 Å². The molecule has 2 rings (SSSR count). The predicted octanol–water partition coefficient (Wildman–Crippen LogP) is 0.909. The lowest BCUT2D eigenvalue weighted by Gasteiger charge is -2.32. The van der Waals surface area contributed by atoms with Crippen molar-refractivity contribution in [3.63, 3.8) is 0 Å². The maximum Gasteiger partial charge on any atom is 0.208 e. The number of rotatable bonds is 4. The van der Waals surface area contributed by atoms with E-state index >= 15 is 0 Å². The van der Waals surface area contributed by atoms with E-state index in [0.29, 0.717) is 12.5 Å². The van der Waals surface area contributed by atoms with E-state index in [1.54, 1.807) is 17.5 Å². The average molecular weight is 275 g/mol. The molecule has 0 saturated carbocycles. The van der Waals surface area contributed by atoms with E-state index in [-0.39, 0.29) is 0 Å². The maximum absolute atomic E-state index is 11.0. The van der Waals surface area contributed by atoms with Crippen LogP contribution in [0, 0.1) is 5.92 Å². The highest BCUT2D eigenvalue weighted by Gasteiger charge is 2.22. The molecule has 1 fully saturated rings. The van der Waals surface area contributed by atoms with E-state index in [1.165, 1.54) is 6.26 Å². The molecule has 17 heavy (non-hydrogen) atoms. The highest BCUT2D eigenvalue weighted by molar-refractivity contribution is 7.88. The maximum atomic E-state index is 11.0. The van der Waals surface area contributed by atoms with Gasteiger partial charge in [0.2, 0.25) is 10.0 Å². The average Bonchev–Trinajstić information content (AvgIpc) is 2.79. The zero-order valence-corrected chi connectivity index (χ0v) is 11.4. The molecule has 7 heteroatoms. The van der Waals surface area contributed by atoms with Crippen LogP contribution in [0.1, 0.15) is 12.8 Å². The van der Waals surface area contributed by atoms with Gasteiger partial charge in [0.05, 0.1) is 6.26 Å². The van der Waals surface area contributed by atoms with Gasteiger partial charge in [-0.2, -0.15) is 0 Å². The first kappa shape index (κ1) is 12.8. The van der Waals surface area contributed by atoms with E-state index in [9.17, 15) is 8.42 Å². The molecule has 0 aliphatic carbocycles. The van der Waals surface area contributed by atoms with Crippen molar-refractivity contribution >= 4 is 26.5 Å². The Hall–Kier alpha value is -0.660. The van der Waals surface area contributed by atoms with Gasteiger partial charge in [-0.05, 0) is 18.8 Å². The van der Waals surface area contributed by atoms with Crippen LogP contribution in [0.25, 0.3) is 0 Å². The zero-order chi connectivity index (χ0) is 12.3. The Morgan fingerprint density at radius 2 is 2.47 bits per heavy atom. The van der Waals surface area contributed by atoms with Crippen molar-refractivity contribution in [3.05, 3.63) is 11.6 Å². The van der Waals surface area contributed by atoms with Crippen molar-refractivity contribution in [1.29, 1.82) is 0 Å². The lowest BCUT2D eigenvalue weighted by atomic mass is 9.99. The summed E-state index contributed by atoms with van der Waals surface area (Å²) in [6.07, 6.45) is 5.17. The topological polar surface area (TPSA) is 62.3 Å². The number of piperidine rings is 1. The summed E-state index contributed by atoms with van der Waals surface area (Å²) in [7, 11) is -3.08. The third-order valence-electron chi connectivity index (χ3n) is 2.84. The minimum atomic E-state index is -3.08. The second kappa shape index (κ2) is 5.32. The van der Waals surface area contributed by atoms with E-state index < -0.39 is 10.0 Å². The normalized spacial score (nSPS) is 21.7. The third kappa shape index (κ3) is 3.93. The second-order valence-electron chi connectivity index (χ2n) is 4.39. The molecule has 0 amide bonds. The molecule has 1 saturated heterocycles. The SMILES string of the molecule is CS(=O)(=O)NCC1CCCN(c2nccs2)C1. The fourth-order valence-corrected chi connectivity index (χ4v) is 3.27. The Labute approximate surface area is 106 Å². The summed E-state index contributed by atoms with van der Waals surface area (Å²) in [6, 6.07) is 0. The van der Waals surface area contributed by atoms with Crippen molar-refractivity contribution in [2.45, 2.75) is 12.8 Å². The van der Waals surface area contributed by atoms with Gasteiger partial charge < -0.3 is 4.90 Å². The van der Waals surface area contributed by atoms with Gasteiger partial charge in [-0.1, -0.05) is 0 Å². The summed E-state index contributed by atoms with van der Waals surface area (Å²) < 4.78 is 24.7. The first-order chi connectivity index (χ1) is 8.04. The molecule has 1 N–H and O–H groups in total. The first-order valence-corrected chi connectivity index (χ1v) is 8.41. The van der Waals surface area contributed by atoms with Crippen LogP contribution in [0.15, 0.2) is 11.6 Å². The Morgan fingerprint density at radius 3 is 3.12 bits per heavy atom. The molecule has 0 aromatic carbocycles. The summed E-state index contributed by atoms with van der Waals surface area (Å²) in [4.78, 5) is 6.53. The monoisotopic (exact) mass is 275 g/mol. The molecule has 1 aromatic rings. The largest absolute Gasteiger partial charge is 0.348 e. The molecule has 1 aromatic heterocycles. The van der Waals surface area contributed by atoms with Gasteiger partial charge >= 0.3 is 0 Å². The zero-order valence-electron chi connectivity index (χ0n) is 9.80. The highest BCUT2D eigenvalue weighted by Crippen LogP contribution is 2.24. The van der Waals surface area contributed by atoms with Crippen LogP contribution in [0.4, 0.5) is 5.13 Å². The van der Waals surface area contributed by atoms with E-state index in [0.717, 1.165) is 31.1 Å². The van der Waals surface area contributed by atoms with E-state index in [4.69, 9.17) is 0 Å². The van der Waals surface area contributed by atoms with Gasteiger partial charge in [0.15, 0.2) is 5.13 Å². The molecular formula is C10H17N3O2S2. The summed E-state index contributed by atoms with van der Waals surface area (Å²) in [5.74, 6) is 0.377. The third-order valence-corrected chi connectivity index (χ3v) is 4.37. The Kier molecular flexibility index (Phi) is 4.01. The number of nitrogens with zero attached hydrogens (tertiary/aromatic N) is 2. The molecule has 1 unspecified atom stereocenters. The minimum absolute atomic E-state index is 0.377. The Morgan fingerprint density at radius 1 is 1.65 bits per heavy atom. The van der Waals surface area contributed by atoms with Crippen LogP contribution >= 0.6 is 11.3 Å². The quantitative estimate of drug-likeness (QED) is 0.887.